The van der Waals surface area contributed by atoms with Crippen molar-refractivity contribution in [3.63, 3.8) is 0 Å². The van der Waals surface area contributed by atoms with Crippen LogP contribution in [0.25, 0.3) is 0 Å². The van der Waals surface area contributed by atoms with Crippen LogP contribution >= 0.6 is 15.9 Å². The maximum Gasteiger partial charge on any atom is 0.133 e. The van der Waals surface area contributed by atoms with E-state index in [1.165, 1.54) is 0 Å². The summed E-state index contributed by atoms with van der Waals surface area (Å²) in [5.41, 5.74) is 0.0313. The first-order valence-corrected chi connectivity index (χ1v) is 6.91. The maximum atomic E-state index is 11.4. The van der Waals surface area contributed by atoms with Crippen molar-refractivity contribution >= 4 is 21.7 Å². The molecule has 0 saturated carbocycles. The van der Waals surface area contributed by atoms with Crippen LogP contribution in [0, 0.1) is 0 Å². The van der Waals surface area contributed by atoms with Gasteiger partial charge in [0.1, 0.15) is 5.78 Å². The van der Waals surface area contributed by atoms with Gasteiger partial charge in [-0.1, -0.05) is 15.9 Å². The second kappa shape index (κ2) is 6.00. The number of Topliss-reactive ketones (excluding diaryl/α,β-unsaturated/α-hetero) is 1. The molecule has 0 radical (unpaired) electrons. The molecule has 3 heteroatoms. The molecule has 1 aliphatic rings. The first-order valence-electron chi connectivity index (χ1n) is 5.79. The van der Waals surface area contributed by atoms with Crippen molar-refractivity contribution in [2.45, 2.75) is 64.1 Å². The second-order valence-electron chi connectivity index (χ2n) is 4.91. The van der Waals surface area contributed by atoms with Crippen molar-refractivity contribution in [3.8, 4) is 0 Å². The van der Waals surface area contributed by atoms with Crippen molar-refractivity contribution in [2.75, 3.05) is 5.33 Å². The number of ether oxygens (including phenoxy) is 1. The summed E-state index contributed by atoms with van der Waals surface area (Å²) in [5, 5.41) is 0.922. The van der Waals surface area contributed by atoms with Crippen LogP contribution in [0.15, 0.2) is 0 Å². The minimum absolute atomic E-state index is 0.0313. The molecule has 0 aromatic carbocycles. The minimum atomic E-state index is 0.0313. The molecular weight excluding hydrogens is 256 g/mol. The van der Waals surface area contributed by atoms with E-state index in [1.807, 2.05) is 0 Å². The Morgan fingerprint density at radius 3 is 2.73 bits per heavy atom. The molecule has 1 rings (SSSR count). The molecule has 0 aromatic heterocycles. The summed E-state index contributed by atoms with van der Waals surface area (Å²) >= 11 is 3.33. The van der Waals surface area contributed by atoms with Crippen LogP contribution in [0.3, 0.4) is 0 Å². The second-order valence-corrected chi connectivity index (χ2v) is 5.70. The Morgan fingerprint density at radius 1 is 1.47 bits per heavy atom. The lowest BCUT2D eigenvalue weighted by molar-refractivity contribution is -0.120. The lowest BCUT2D eigenvalue weighted by Gasteiger charge is -2.18. The number of carbonyl (C=O) groups is 1. The normalized spacial score (nSPS) is 24.3. The molecule has 88 valence electrons. The topological polar surface area (TPSA) is 26.3 Å². The summed E-state index contributed by atoms with van der Waals surface area (Å²) in [6.45, 7) is 4.25. The summed E-state index contributed by atoms with van der Waals surface area (Å²) in [5.74, 6) is 0.378. The van der Waals surface area contributed by atoms with Crippen LogP contribution in [-0.2, 0) is 9.53 Å². The fourth-order valence-electron chi connectivity index (χ4n) is 1.99. The molecule has 1 heterocycles. The third-order valence-electron chi connectivity index (χ3n) is 2.89. The van der Waals surface area contributed by atoms with Crippen LogP contribution in [0.1, 0.15) is 52.4 Å². The van der Waals surface area contributed by atoms with Crippen LogP contribution < -0.4 is 0 Å². The van der Waals surface area contributed by atoms with Gasteiger partial charge < -0.3 is 4.74 Å². The number of hydrogen-bond donors (Lipinski definition) is 0. The number of alkyl halides is 1. The molecule has 0 spiro atoms. The van der Waals surface area contributed by atoms with E-state index in [-0.39, 0.29) is 5.60 Å². The summed E-state index contributed by atoms with van der Waals surface area (Å²) in [6, 6.07) is 0. The van der Waals surface area contributed by atoms with E-state index < -0.39 is 0 Å². The zero-order valence-electron chi connectivity index (χ0n) is 9.72. The summed E-state index contributed by atoms with van der Waals surface area (Å²) in [6.07, 6.45) is 5.80. The lowest BCUT2D eigenvalue weighted by atomic mass is 10.0. The van der Waals surface area contributed by atoms with E-state index in [0.717, 1.165) is 31.0 Å². The van der Waals surface area contributed by atoms with Crippen molar-refractivity contribution < 1.29 is 9.53 Å². The van der Waals surface area contributed by atoms with Crippen LogP contribution in [-0.4, -0.2) is 22.8 Å². The van der Waals surface area contributed by atoms with Crippen LogP contribution in [0.5, 0.6) is 0 Å². The average Bonchev–Trinajstić information content (AvgIpc) is 2.52. The largest absolute Gasteiger partial charge is 0.372 e. The van der Waals surface area contributed by atoms with Gasteiger partial charge in [-0.2, -0.15) is 0 Å². The van der Waals surface area contributed by atoms with Gasteiger partial charge >= 0.3 is 0 Å². The molecule has 1 fully saturated rings. The average molecular weight is 277 g/mol. The Bertz CT molecular complexity index is 214. The number of ketones is 1. The SMILES string of the molecule is CC1(C)CCC(CCC(=O)CCCBr)O1. The highest BCUT2D eigenvalue weighted by Crippen LogP contribution is 2.31. The highest BCUT2D eigenvalue weighted by atomic mass is 79.9. The van der Waals surface area contributed by atoms with E-state index in [1.54, 1.807) is 0 Å². The third-order valence-corrected chi connectivity index (χ3v) is 3.45. The van der Waals surface area contributed by atoms with Crippen LogP contribution in [0.2, 0.25) is 0 Å². The smallest absolute Gasteiger partial charge is 0.133 e. The molecule has 0 N–H and O–H groups in total. The van der Waals surface area contributed by atoms with Crippen molar-refractivity contribution in [1.29, 1.82) is 0 Å². The van der Waals surface area contributed by atoms with Crippen LogP contribution in [0.4, 0.5) is 0 Å². The van der Waals surface area contributed by atoms with Crippen molar-refractivity contribution in [2.24, 2.45) is 0 Å². The molecule has 0 bridgehead atoms. The number of halogens is 1. The lowest BCUT2D eigenvalue weighted by Crippen LogP contribution is -2.20. The Hall–Kier alpha value is 0.110. The molecule has 2 nitrogen and oxygen atoms in total. The maximum absolute atomic E-state index is 11.4. The first-order chi connectivity index (χ1) is 7.03. The monoisotopic (exact) mass is 276 g/mol. The third kappa shape index (κ3) is 5.12. The molecule has 15 heavy (non-hydrogen) atoms. The Kier molecular flexibility index (Phi) is 5.27. The first kappa shape index (κ1) is 13.2. The zero-order valence-corrected chi connectivity index (χ0v) is 11.3. The summed E-state index contributed by atoms with van der Waals surface area (Å²) < 4.78 is 5.84. The van der Waals surface area contributed by atoms with Crippen molar-refractivity contribution in [1.82, 2.24) is 0 Å². The van der Waals surface area contributed by atoms with E-state index in [4.69, 9.17) is 4.74 Å². The number of carbonyl (C=O) groups excluding carboxylic acids is 1. The van der Waals surface area contributed by atoms with Gasteiger partial charge in [-0.3, -0.25) is 4.79 Å². The van der Waals surface area contributed by atoms with E-state index in [0.29, 0.717) is 24.7 Å². The molecule has 0 amide bonds. The van der Waals surface area contributed by atoms with Gasteiger partial charge in [0.2, 0.25) is 0 Å². The Morgan fingerprint density at radius 2 is 2.20 bits per heavy atom. The van der Waals surface area contributed by atoms with Gasteiger partial charge in [-0.05, 0) is 39.5 Å². The van der Waals surface area contributed by atoms with Crippen molar-refractivity contribution in [3.05, 3.63) is 0 Å². The molecule has 0 aliphatic carbocycles. The molecule has 1 aliphatic heterocycles. The number of rotatable bonds is 6. The van der Waals surface area contributed by atoms with E-state index in [9.17, 15) is 4.79 Å². The van der Waals surface area contributed by atoms with Gasteiger partial charge in [0.05, 0.1) is 11.7 Å². The highest BCUT2D eigenvalue weighted by molar-refractivity contribution is 9.09. The van der Waals surface area contributed by atoms with Gasteiger partial charge in [0.25, 0.3) is 0 Å². The summed E-state index contributed by atoms with van der Waals surface area (Å²) in [4.78, 5) is 11.4. The van der Waals surface area contributed by atoms with E-state index in [2.05, 4.69) is 29.8 Å². The quantitative estimate of drug-likeness (QED) is 0.695. The highest BCUT2D eigenvalue weighted by Gasteiger charge is 2.31. The van der Waals surface area contributed by atoms with Gasteiger partial charge in [0.15, 0.2) is 0 Å². The molecular formula is C12H21BrO2. The standard InChI is InChI=1S/C12H21BrO2/c1-12(2)8-7-11(15-12)6-5-10(14)4-3-9-13/h11H,3-9H2,1-2H3. The number of hydrogen-bond acceptors (Lipinski definition) is 2. The Balaban J connectivity index is 2.13. The van der Waals surface area contributed by atoms with Gasteiger partial charge in [-0.25, -0.2) is 0 Å². The fourth-order valence-corrected chi connectivity index (χ4v) is 2.27. The minimum Gasteiger partial charge on any atom is -0.372 e. The molecule has 1 unspecified atom stereocenters. The van der Waals surface area contributed by atoms with Gasteiger partial charge in [0, 0.05) is 18.2 Å². The predicted molar refractivity (Wildman–Crippen MR) is 65.5 cm³/mol. The zero-order chi connectivity index (χ0) is 11.3. The molecule has 0 aromatic rings. The van der Waals surface area contributed by atoms with E-state index >= 15 is 0 Å². The fraction of sp³-hybridized carbons (Fsp3) is 0.917. The Labute approximate surface area is 101 Å². The predicted octanol–water partition coefficient (Wildman–Crippen LogP) is 3.47. The van der Waals surface area contributed by atoms with Gasteiger partial charge in [-0.15, -0.1) is 0 Å². The molecule has 1 saturated heterocycles. The summed E-state index contributed by atoms with van der Waals surface area (Å²) in [7, 11) is 0. The molecule has 1 atom stereocenters.